The van der Waals surface area contributed by atoms with Crippen LogP contribution in [0.15, 0.2) is 67.0 Å². The maximum Gasteiger partial charge on any atom is 0.237 e. The summed E-state index contributed by atoms with van der Waals surface area (Å²) in [5.74, 6) is -3.54. The van der Waals surface area contributed by atoms with Gasteiger partial charge >= 0.3 is 0 Å². The topological polar surface area (TPSA) is 129 Å². The van der Waals surface area contributed by atoms with Crippen molar-refractivity contribution in [3.05, 3.63) is 84.2 Å². The fourth-order valence-electron chi connectivity index (χ4n) is 3.21. The van der Waals surface area contributed by atoms with Gasteiger partial charge in [0.15, 0.2) is 11.6 Å². The molecule has 180 valence electrons. The lowest BCUT2D eigenvalue weighted by Gasteiger charge is -2.14. The number of halogens is 2. The average Bonchev–Trinajstić information content (AvgIpc) is 2.84. The largest absolute Gasteiger partial charge is 0.496 e. The summed E-state index contributed by atoms with van der Waals surface area (Å²) >= 11 is 0. The third-order valence-electron chi connectivity index (χ3n) is 4.78. The highest BCUT2D eigenvalue weighted by Gasteiger charge is 2.22. The van der Waals surface area contributed by atoms with E-state index in [1.807, 2.05) is 0 Å². The van der Waals surface area contributed by atoms with Crippen LogP contribution >= 0.6 is 0 Å². The van der Waals surface area contributed by atoms with Crippen LogP contribution in [0.3, 0.4) is 0 Å². The van der Waals surface area contributed by atoms with Crippen molar-refractivity contribution in [3.63, 3.8) is 0 Å². The summed E-state index contributed by atoms with van der Waals surface area (Å²) in [6.07, 6.45) is 2.83. The summed E-state index contributed by atoms with van der Waals surface area (Å²) in [6, 6.07) is 13.4. The first-order valence-electron chi connectivity index (χ1n) is 10.1. The summed E-state index contributed by atoms with van der Waals surface area (Å²) < 4.78 is 67.5. The van der Waals surface area contributed by atoms with Crippen LogP contribution in [0.5, 0.6) is 17.4 Å². The molecule has 0 radical (unpaired) electrons. The van der Waals surface area contributed by atoms with Gasteiger partial charge in [0, 0.05) is 18.0 Å². The molecule has 2 heterocycles. The number of nitrogens with two attached hydrogens (primary N) is 1. The van der Waals surface area contributed by atoms with Crippen LogP contribution < -0.4 is 19.9 Å². The normalized spacial score (nSPS) is 11.2. The molecule has 0 unspecified atom stereocenters. The molecule has 0 fully saturated rings. The third-order valence-corrected chi connectivity index (χ3v) is 6.00. The molecule has 0 aliphatic heterocycles. The Hall–Kier alpha value is -4.32. The summed E-state index contributed by atoms with van der Waals surface area (Å²) in [7, 11) is -2.69. The fourth-order valence-corrected chi connectivity index (χ4v) is 4.43. The summed E-state index contributed by atoms with van der Waals surface area (Å²) in [5.41, 5.74) is 6.13. The lowest BCUT2D eigenvalue weighted by molar-refractivity contribution is 0.407. The number of methoxy groups -OCH3 is 1. The zero-order valence-electron chi connectivity index (χ0n) is 18.3. The molecule has 12 heteroatoms. The van der Waals surface area contributed by atoms with Gasteiger partial charge in [-0.3, -0.25) is 4.72 Å². The van der Waals surface area contributed by atoms with Crippen molar-refractivity contribution in [2.24, 2.45) is 0 Å². The van der Waals surface area contributed by atoms with E-state index in [1.165, 1.54) is 19.5 Å². The SMILES string of the molecule is COc1ccccc1CS(=O)(=O)Nc1ccc(Oc2ncccc2-c2ccnc(N)n2)c(F)c1F. The number of nitrogen functional groups attached to an aromatic ring is 1. The number of nitrogens with one attached hydrogen (secondary N) is 1. The van der Waals surface area contributed by atoms with Gasteiger partial charge in [-0.15, -0.1) is 0 Å². The van der Waals surface area contributed by atoms with Crippen molar-refractivity contribution >= 4 is 21.7 Å². The Bertz CT molecular complexity index is 1480. The van der Waals surface area contributed by atoms with Gasteiger partial charge in [0.1, 0.15) is 5.75 Å². The second kappa shape index (κ2) is 9.89. The van der Waals surface area contributed by atoms with Gasteiger partial charge in [-0.1, -0.05) is 18.2 Å². The van der Waals surface area contributed by atoms with Crippen LogP contribution in [0.25, 0.3) is 11.3 Å². The minimum absolute atomic E-state index is 0.0132. The van der Waals surface area contributed by atoms with Gasteiger partial charge in [0.2, 0.25) is 27.7 Å². The molecule has 3 N–H and O–H groups in total. The van der Waals surface area contributed by atoms with E-state index < -0.39 is 38.8 Å². The van der Waals surface area contributed by atoms with Crippen LogP contribution in [0.1, 0.15) is 5.56 Å². The number of pyridine rings is 1. The van der Waals surface area contributed by atoms with Gasteiger partial charge in [0.25, 0.3) is 0 Å². The second-order valence-corrected chi connectivity index (χ2v) is 8.89. The summed E-state index contributed by atoms with van der Waals surface area (Å²) in [5, 5.41) is 0. The molecule has 0 saturated heterocycles. The first-order valence-corrected chi connectivity index (χ1v) is 11.7. The van der Waals surface area contributed by atoms with Crippen molar-refractivity contribution < 1.29 is 26.7 Å². The van der Waals surface area contributed by atoms with E-state index in [2.05, 4.69) is 19.7 Å². The molecule has 0 atom stereocenters. The van der Waals surface area contributed by atoms with Gasteiger partial charge in [0.05, 0.1) is 29.8 Å². The molecule has 2 aromatic carbocycles. The Morgan fingerprint density at radius 2 is 1.74 bits per heavy atom. The van der Waals surface area contributed by atoms with Crippen LogP contribution in [-0.4, -0.2) is 30.5 Å². The Morgan fingerprint density at radius 1 is 0.943 bits per heavy atom. The van der Waals surface area contributed by atoms with E-state index in [1.54, 1.807) is 42.5 Å². The third kappa shape index (κ3) is 5.44. The number of nitrogens with zero attached hydrogens (tertiary/aromatic N) is 3. The highest BCUT2D eigenvalue weighted by Crippen LogP contribution is 2.34. The highest BCUT2D eigenvalue weighted by molar-refractivity contribution is 7.91. The van der Waals surface area contributed by atoms with E-state index in [4.69, 9.17) is 15.2 Å². The van der Waals surface area contributed by atoms with E-state index in [-0.39, 0.29) is 11.8 Å². The monoisotopic (exact) mass is 499 g/mol. The molecule has 9 nitrogen and oxygen atoms in total. The molecule has 0 saturated carbocycles. The van der Waals surface area contributed by atoms with Crippen molar-refractivity contribution in [2.45, 2.75) is 5.75 Å². The van der Waals surface area contributed by atoms with Gasteiger partial charge in [-0.2, -0.15) is 4.39 Å². The van der Waals surface area contributed by atoms with Crippen LogP contribution in [0.2, 0.25) is 0 Å². The Balaban J connectivity index is 1.59. The lowest BCUT2D eigenvalue weighted by atomic mass is 10.2. The van der Waals surface area contributed by atoms with Crippen molar-refractivity contribution in [1.29, 1.82) is 0 Å². The molecule has 0 spiro atoms. The molecular weight excluding hydrogens is 480 g/mol. The number of hydrogen-bond donors (Lipinski definition) is 2. The van der Waals surface area contributed by atoms with Crippen LogP contribution in [-0.2, 0) is 15.8 Å². The average molecular weight is 499 g/mol. The molecule has 35 heavy (non-hydrogen) atoms. The van der Waals surface area contributed by atoms with Crippen molar-refractivity contribution in [3.8, 4) is 28.6 Å². The lowest BCUT2D eigenvalue weighted by Crippen LogP contribution is -2.17. The van der Waals surface area contributed by atoms with E-state index >= 15 is 0 Å². The second-order valence-electron chi connectivity index (χ2n) is 7.17. The first kappa shape index (κ1) is 23.8. The fraction of sp³-hybridized carbons (Fsp3) is 0.0870. The molecular formula is C23H19F2N5O4S. The predicted octanol–water partition coefficient (Wildman–Crippen LogP) is 4.14. The highest BCUT2D eigenvalue weighted by atomic mass is 32.2. The molecule has 2 aromatic heterocycles. The number of benzene rings is 2. The van der Waals surface area contributed by atoms with Gasteiger partial charge in [-0.05, 0) is 36.4 Å². The molecule has 0 amide bonds. The number of aromatic nitrogens is 3. The number of rotatable bonds is 8. The molecule has 0 aliphatic rings. The maximum absolute atomic E-state index is 14.8. The van der Waals surface area contributed by atoms with E-state index in [9.17, 15) is 17.2 Å². The maximum atomic E-state index is 14.8. The van der Waals surface area contributed by atoms with Gasteiger partial charge < -0.3 is 15.2 Å². The summed E-state index contributed by atoms with van der Waals surface area (Å²) in [4.78, 5) is 12.0. The Kier molecular flexibility index (Phi) is 6.73. The summed E-state index contributed by atoms with van der Waals surface area (Å²) in [6.45, 7) is 0. The Morgan fingerprint density at radius 3 is 2.51 bits per heavy atom. The zero-order chi connectivity index (χ0) is 25.0. The molecule has 4 rings (SSSR count). The minimum atomic E-state index is -4.09. The first-order chi connectivity index (χ1) is 16.8. The predicted molar refractivity (Wildman–Crippen MR) is 125 cm³/mol. The van der Waals surface area contributed by atoms with Crippen molar-refractivity contribution in [2.75, 3.05) is 17.6 Å². The zero-order valence-corrected chi connectivity index (χ0v) is 19.1. The smallest absolute Gasteiger partial charge is 0.237 e. The quantitative estimate of drug-likeness (QED) is 0.370. The minimum Gasteiger partial charge on any atom is -0.496 e. The molecule has 0 bridgehead atoms. The number of sulfonamides is 1. The van der Waals surface area contributed by atoms with Gasteiger partial charge in [-0.25, -0.2) is 27.8 Å². The molecule has 4 aromatic rings. The Labute approximate surface area is 199 Å². The van der Waals surface area contributed by atoms with Crippen LogP contribution in [0.4, 0.5) is 20.4 Å². The van der Waals surface area contributed by atoms with Crippen LogP contribution in [0, 0.1) is 11.6 Å². The number of ether oxygens (including phenoxy) is 2. The van der Waals surface area contributed by atoms with Crippen molar-refractivity contribution in [1.82, 2.24) is 15.0 Å². The number of hydrogen-bond acceptors (Lipinski definition) is 8. The standard InChI is InChI=1S/C23H19F2N5O4S/c1-33-18-7-3-2-5-14(18)13-35(31,32)30-17-8-9-19(21(25)20(17)24)34-22-15(6-4-11-27-22)16-10-12-28-23(26)29-16/h2-12,30H,13H2,1H3,(H2,26,28,29). The number of anilines is 2. The van der Waals surface area contributed by atoms with E-state index in [0.717, 1.165) is 12.1 Å². The molecule has 0 aliphatic carbocycles. The number of para-hydroxylation sites is 1. The van der Waals surface area contributed by atoms with E-state index in [0.29, 0.717) is 22.6 Å².